The van der Waals surface area contributed by atoms with Crippen LogP contribution in [0.4, 0.5) is 14.5 Å². The van der Waals surface area contributed by atoms with E-state index in [1.807, 2.05) is 0 Å². The molecular formula is C14H15F2N3O2. The molecule has 2 aromatic rings. The molecule has 1 saturated carbocycles. The Morgan fingerprint density at radius 3 is 2.76 bits per heavy atom. The smallest absolute Gasteiger partial charge is 0.295 e. The zero-order chi connectivity index (χ0) is 15.0. The second kappa shape index (κ2) is 5.07. The van der Waals surface area contributed by atoms with Gasteiger partial charge in [-0.15, -0.1) is 0 Å². The van der Waals surface area contributed by atoms with Gasteiger partial charge in [-0.25, -0.2) is 13.8 Å². The number of carbonyl (C=O) groups excluding carboxylic acids is 1. The van der Waals surface area contributed by atoms with E-state index in [0.29, 0.717) is 29.6 Å². The van der Waals surface area contributed by atoms with Gasteiger partial charge in [0.15, 0.2) is 5.82 Å². The number of anilines is 1. The Morgan fingerprint density at radius 2 is 2.10 bits per heavy atom. The van der Waals surface area contributed by atoms with Crippen LogP contribution < -0.4 is 5.32 Å². The summed E-state index contributed by atoms with van der Waals surface area (Å²) in [5.74, 6) is -0.851. The third kappa shape index (κ3) is 2.61. The number of aromatic amines is 1. The predicted molar refractivity (Wildman–Crippen MR) is 73.1 cm³/mol. The molecule has 0 radical (unpaired) electrons. The summed E-state index contributed by atoms with van der Waals surface area (Å²) in [4.78, 5) is 18.3. The van der Waals surface area contributed by atoms with Crippen molar-refractivity contribution in [1.29, 1.82) is 0 Å². The van der Waals surface area contributed by atoms with Crippen LogP contribution in [0.1, 0.15) is 37.9 Å². The van der Waals surface area contributed by atoms with Crippen molar-refractivity contribution in [2.45, 2.75) is 37.7 Å². The fourth-order valence-corrected chi connectivity index (χ4v) is 2.64. The van der Waals surface area contributed by atoms with Crippen molar-refractivity contribution in [3.05, 3.63) is 24.0 Å². The van der Waals surface area contributed by atoms with Crippen molar-refractivity contribution in [2.75, 3.05) is 5.32 Å². The lowest BCUT2D eigenvalue weighted by Gasteiger charge is -2.20. The normalized spacial score (nSPS) is 17.5. The molecule has 112 valence electrons. The lowest BCUT2D eigenvalue weighted by Crippen LogP contribution is -2.40. The van der Waals surface area contributed by atoms with Gasteiger partial charge in [-0.3, -0.25) is 4.79 Å². The highest BCUT2D eigenvalue weighted by Crippen LogP contribution is 2.31. The molecule has 3 rings (SSSR count). The maximum absolute atomic E-state index is 12.6. The average Bonchev–Trinajstić information content (AvgIpc) is 3.05. The molecule has 0 unspecified atom stereocenters. The number of carbonyl (C=O) groups is 1. The summed E-state index contributed by atoms with van der Waals surface area (Å²) in [5, 5.41) is 12.8. The molecule has 1 aromatic heterocycles. The Balaban J connectivity index is 1.82. The molecular weight excluding hydrogens is 280 g/mol. The number of alkyl halides is 2. The molecule has 21 heavy (non-hydrogen) atoms. The van der Waals surface area contributed by atoms with E-state index in [9.17, 15) is 18.7 Å². The standard InChI is InChI=1S/C14H15F2N3O2/c15-11(16)12-18-9-4-3-8(7-10(9)19-12)17-13(20)14(21)5-1-2-6-14/h3-4,7,11,21H,1-2,5-6H2,(H,17,20)(H,18,19). The molecule has 1 amide bonds. The van der Waals surface area contributed by atoms with Crippen LogP contribution in [-0.2, 0) is 4.79 Å². The first kappa shape index (κ1) is 13.9. The number of amides is 1. The molecule has 0 bridgehead atoms. The van der Waals surface area contributed by atoms with Gasteiger partial charge < -0.3 is 15.4 Å². The number of nitrogens with zero attached hydrogens (tertiary/aromatic N) is 1. The number of rotatable bonds is 3. The number of imidazole rings is 1. The van der Waals surface area contributed by atoms with Crippen molar-refractivity contribution in [3.63, 3.8) is 0 Å². The van der Waals surface area contributed by atoms with Crippen molar-refractivity contribution in [1.82, 2.24) is 9.97 Å². The van der Waals surface area contributed by atoms with Gasteiger partial charge in [0.05, 0.1) is 11.0 Å². The van der Waals surface area contributed by atoms with Gasteiger partial charge in [0.25, 0.3) is 12.3 Å². The maximum Gasteiger partial charge on any atom is 0.295 e. The number of H-pyrrole nitrogens is 1. The van der Waals surface area contributed by atoms with Crippen LogP contribution >= 0.6 is 0 Å². The van der Waals surface area contributed by atoms with E-state index in [4.69, 9.17) is 0 Å². The third-order valence-electron chi connectivity index (χ3n) is 3.82. The Bertz CT molecular complexity index is 678. The molecule has 3 N–H and O–H groups in total. The van der Waals surface area contributed by atoms with E-state index in [1.54, 1.807) is 12.1 Å². The van der Waals surface area contributed by atoms with Crippen molar-refractivity contribution in [3.8, 4) is 0 Å². The summed E-state index contributed by atoms with van der Waals surface area (Å²) in [6.45, 7) is 0. The van der Waals surface area contributed by atoms with E-state index < -0.39 is 23.8 Å². The predicted octanol–water partition coefficient (Wildman–Crippen LogP) is 2.74. The van der Waals surface area contributed by atoms with E-state index in [1.165, 1.54) is 6.07 Å². The van der Waals surface area contributed by atoms with Crippen LogP contribution in [0.2, 0.25) is 0 Å². The first-order chi connectivity index (χ1) is 9.98. The third-order valence-corrected chi connectivity index (χ3v) is 3.82. The molecule has 0 saturated heterocycles. The van der Waals surface area contributed by atoms with Crippen LogP contribution in [0.3, 0.4) is 0 Å². The molecule has 1 aliphatic rings. The van der Waals surface area contributed by atoms with E-state index >= 15 is 0 Å². The van der Waals surface area contributed by atoms with Gasteiger partial charge in [-0.1, -0.05) is 0 Å². The van der Waals surface area contributed by atoms with Gasteiger partial charge in [0, 0.05) is 5.69 Å². The molecule has 1 heterocycles. The number of aromatic nitrogens is 2. The van der Waals surface area contributed by atoms with Gasteiger partial charge in [-0.2, -0.15) is 0 Å². The Labute approximate surface area is 119 Å². The minimum atomic E-state index is -2.67. The number of aliphatic hydroxyl groups is 1. The number of benzene rings is 1. The average molecular weight is 295 g/mol. The molecule has 7 heteroatoms. The number of halogens is 2. The van der Waals surface area contributed by atoms with E-state index in [-0.39, 0.29) is 0 Å². The number of fused-ring (bicyclic) bond motifs is 1. The van der Waals surface area contributed by atoms with Crippen LogP contribution in [-0.4, -0.2) is 26.6 Å². The second-order valence-electron chi connectivity index (χ2n) is 5.35. The summed E-state index contributed by atoms with van der Waals surface area (Å²) in [6.07, 6.45) is -0.140. The van der Waals surface area contributed by atoms with E-state index in [2.05, 4.69) is 15.3 Å². The maximum atomic E-state index is 12.6. The topological polar surface area (TPSA) is 78.0 Å². The summed E-state index contributed by atoms with van der Waals surface area (Å²) in [7, 11) is 0. The molecule has 0 atom stereocenters. The summed E-state index contributed by atoms with van der Waals surface area (Å²) in [6, 6.07) is 4.66. The quantitative estimate of drug-likeness (QED) is 0.814. The Hall–Kier alpha value is -2.02. The van der Waals surface area contributed by atoms with Gasteiger partial charge in [-0.05, 0) is 43.9 Å². The lowest BCUT2D eigenvalue weighted by molar-refractivity contribution is -0.133. The molecule has 1 aromatic carbocycles. The molecule has 1 fully saturated rings. The van der Waals surface area contributed by atoms with Crippen molar-refractivity contribution >= 4 is 22.6 Å². The molecule has 1 aliphatic carbocycles. The van der Waals surface area contributed by atoms with Gasteiger partial charge in [0.1, 0.15) is 5.60 Å². The Kier molecular flexibility index (Phi) is 3.36. The van der Waals surface area contributed by atoms with Crippen molar-refractivity contribution < 1.29 is 18.7 Å². The number of nitrogens with one attached hydrogen (secondary N) is 2. The highest BCUT2D eigenvalue weighted by molar-refractivity contribution is 5.98. The zero-order valence-corrected chi connectivity index (χ0v) is 11.2. The van der Waals surface area contributed by atoms with Crippen LogP contribution in [0.25, 0.3) is 11.0 Å². The monoisotopic (exact) mass is 295 g/mol. The van der Waals surface area contributed by atoms with Gasteiger partial charge >= 0.3 is 0 Å². The largest absolute Gasteiger partial charge is 0.380 e. The SMILES string of the molecule is O=C(Nc1ccc2nc(C(F)F)[nH]c2c1)C1(O)CCCC1. The fourth-order valence-electron chi connectivity index (χ4n) is 2.64. The van der Waals surface area contributed by atoms with Crippen LogP contribution in [0.15, 0.2) is 18.2 Å². The molecule has 5 nitrogen and oxygen atoms in total. The molecule has 0 aliphatic heterocycles. The van der Waals surface area contributed by atoms with Crippen molar-refractivity contribution in [2.24, 2.45) is 0 Å². The first-order valence-corrected chi connectivity index (χ1v) is 6.80. The summed E-state index contributed by atoms with van der Waals surface area (Å²) < 4.78 is 25.1. The zero-order valence-electron chi connectivity index (χ0n) is 11.2. The minimum absolute atomic E-state index is 0.400. The Morgan fingerprint density at radius 1 is 1.38 bits per heavy atom. The highest BCUT2D eigenvalue weighted by atomic mass is 19.3. The lowest BCUT2D eigenvalue weighted by atomic mass is 10.0. The van der Waals surface area contributed by atoms with E-state index in [0.717, 1.165) is 12.8 Å². The first-order valence-electron chi connectivity index (χ1n) is 6.80. The summed E-state index contributed by atoms with van der Waals surface area (Å²) >= 11 is 0. The fraction of sp³-hybridized carbons (Fsp3) is 0.429. The number of hydrogen-bond acceptors (Lipinski definition) is 3. The van der Waals surface area contributed by atoms with Gasteiger partial charge in [0.2, 0.25) is 0 Å². The van der Waals surface area contributed by atoms with Crippen LogP contribution in [0, 0.1) is 0 Å². The van der Waals surface area contributed by atoms with Crippen LogP contribution in [0.5, 0.6) is 0 Å². The summed E-state index contributed by atoms with van der Waals surface area (Å²) in [5.41, 5.74) is -0.0569. The second-order valence-corrected chi connectivity index (χ2v) is 5.35. The molecule has 0 spiro atoms. The highest BCUT2D eigenvalue weighted by Gasteiger charge is 2.38. The number of hydrogen-bond donors (Lipinski definition) is 3. The minimum Gasteiger partial charge on any atom is -0.380 e.